The molecule has 21 heavy (non-hydrogen) atoms. The van der Waals surface area contributed by atoms with E-state index in [9.17, 15) is 31.1 Å². The zero-order valence-electron chi connectivity index (χ0n) is 10.1. The summed E-state index contributed by atoms with van der Waals surface area (Å²) in [6, 6.07) is 0.488. The molecule has 0 atom stereocenters. The number of hydrogen-bond donors (Lipinski definition) is 0. The number of ether oxygens (including phenoxy) is 2. The van der Waals surface area contributed by atoms with Crippen LogP contribution in [0.3, 0.4) is 0 Å². The molecule has 1 aromatic heterocycles. The summed E-state index contributed by atoms with van der Waals surface area (Å²) in [5, 5.41) is 0. The summed E-state index contributed by atoms with van der Waals surface area (Å²) >= 11 is 5.36. The van der Waals surface area contributed by atoms with Crippen LogP contribution in [-0.2, 0) is 16.8 Å². The fourth-order valence-corrected chi connectivity index (χ4v) is 1.59. The van der Waals surface area contributed by atoms with Crippen LogP contribution >= 0.6 is 11.6 Å². The molecule has 0 aromatic carbocycles. The predicted molar refractivity (Wildman–Crippen MR) is 56.8 cm³/mol. The maximum Gasteiger partial charge on any atom is 0.574 e. The van der Waals surface area contributed by atoms with Crippen molar-refractivity contribution in [3.8, 4) is 5.88 Å². The summed E-state index contributed by atoms with van der Waals surface area (Å²) in [6.07, 6.45) is -10.4. The Morgan fingerprint density at radius 3 is 2.24 bits per heavy atom. The van der Waals surface area contributed by atoms with Gasteiger partial charge in [0.2, 0.25) is 5.88 Å². The van der Waals surface area contributed by atoms with Gasteiger partial charge in [0.1, 0.15) is 0 Å². The molecule has 0 unspecified atom stereocenters. The average Bonchev–Trinajstić information content (AvgIpc) is 2.33. The van der Waals surface area contributed by atoms with Crippen LogP contribution in [0.2, 0.25) is 0 Å². The van der Waals surface area contributed by atoms with Crippen LogP contribution in [0.5, 0.6) is 5.88 Å². The van der Waals surface area contributed by atoms with Gasteiger partial charge in [-0.2, -0.15) is 13.2 Å². The number of rotatable bonds is 3. The number of alkyl halides is 7. The van der Waals surface area contributed by atoms with E-state index >= 15 is 0 Å². The van der Waals surface area contributed by atoms with Gasteiger partial charge in [-0.15, -0.1) is 24.8 Å². The van der Waals surface area contributed by atoms with Gasteiger partial charge in [0.25, 0.3) is 0 Å². The van der Waals surface area contributed by atoms with E-state index in [2.05, 4.69) is 14.5 Å². The van der Waals surface area contributed by atoms with Crippen LogP contribution in [0.25, 0.3) is 0 Å². The normalized spacial score (nSPS) is 12.2. The zero-order valence-corrected chi connectivity index (χ0v) is 10.9. The summed E-state index contributed by atoms with van der Waals surface area (Å²) in [4.78, 5) is 14.1. The zero-order chi connectivity index (χ0) is 16.4. The first-order chi connectivity index (χ1) is 9.49. The van der Waals surface area contributed by atoms with Crippen molar-refractivity contribution < 1.29 is 40.6 Å². The Morgan fingerprint density at radius 2 is 1.86 bits per heavy atom. The molecule has 0 saturated heterocycles. The Kier molecular flexibility index (Phi) is 4.92. The lowest BCUT2D eigenvalue weighted by Gasteiger charge is -2.16. The molecule has 11 heteroatoms. The van der Waals surface area contributed by atoms with Crippen molar-refractivity contribution in [2.45, 2.75) is 18.4 Å². The minimum atomic E-state index is -5.24. The highest BCUT2D eigenvalue weighted by Crippen LogP contribution is 2.35. The molecule has 0 aliphatic heterocycles. The van der Waals surface area contributed by atoms with Gasteiger partial charge >= 0.3 is 18.5 Å². The van der Waals surface area contributed by atoms with E-state index in [0.29, 0.717) is 6.07 Å². The molecular formula is C10H6ClF6NO3. The Bertz CT molecular complexity index is 543. The quantitative estimate of drug-likeness (QED) is 0.481. The number of pyridine rings is 1. The van der Waals surface area contributed by atoms with Crippen molar-refractivity contribution in [1.82, 2.24) is 4.98 Å². The average molecular weight is 338 g/mol. The van der Waals surface area contributed by atoms with Crippen LogP contribution in [0.1, 0.15) is 21.6 Å². The first-order valence-electron chi connectivity index (χ1n) is 5.00. The van der Waals surface area contributed by atoms with Crippen LogP contribution in [0, 0.1) is 0 Å². The maximum atomic E-state index is 12.8. The first kappa shape index (κ1) is 17.3. The number of carbonyl (C=O) groups excluding carboxylic acids is 1. The molecule has 1 aromatic rings. The van der Waals surface area contributed by atoms with Crippen LogP contribution < -0.4 is 4.74 Å². The smallest absolute Gasteiger partial charge is 0.465 e. The van der Waals surface area contributed by atoms with Crippen LogP contribution in [0.4, 0.5) is 26.3 Å². The van der Waals surface area contributed by atoms with E-state index in [-0.39, 0.29) is 0 Å². The van der Waals surface area contributed by atoms with Crippen LogP contribution in [0.15, 0.2) is 6.07 Å². The molecule has 118 valence electrons. The van der Waals surface area contributed by atoms with Crippen molar-refractivity contribution in [1.29, 1.82) is 0 Å². The van der Waals surface area contributed by atoms with E-state index in [1.165, 1.54) is 0 Å². The highest BCUT2D eigenvalue weighted by molar-refractivity contribution is 6.17. The molecule has 0 N–H and O–H groups in total. The number of halogens is 7. The maximum absolute atomic E-state index is 12.8. The lowest BCUT2D eigenvalue weighted by molar-refractivity contribution is -0.276. The second-order valence-corrected chi connectivity index (χ2v) is 3.78. The van der Waals surface area contributed by atoms with Crippen molar-refractivity contribution in [2.75, 3.05) is 7.11 Å². The lowest BCUT2D eigenvalue weighted by Crippen LogP contribution is -2.22. The van der Waals surface area contributed by atoms with Crippen molar-refractivity contribution >= 4 is 17.6 Å². The van der Waals surface area contributed by atoms with E-state index in [1.54, 1.807) is 0 Å². The summed E-state index contributed by atoms with van der Waals surface area (Å²) < 4.78 is 82.1. The molecule has 4 nitrogen and oxygen atoms in total. The number of esters is 1. The number of nitrogens with zero attached hydrogens (tertiary/aromatic N) is 1. The molecule has 0 aliphatic rings. The monoisotopic (exact) mass is 337 g/mol. The largest absolute Gasteiger partial charge is 0.574 e. The Morgan fingerprint density at radius 1 is 1.29 bits per heavy atom. The van der Waals surface area contributed by atoms with Gasteiger partial charge in [0.05, 0.1) is 12.7 Å². The van der Waals surface area contributed by atoms with Crippen molar-refractivity contribution in [3.63, 3.8) is 0 Å². The summed E-state index contributed by atoms with van der Waals surface area (Å²) in [5.74, 6) is -3.48. The SMILES string of the molecule is COC(=O)c1c(CCl)cc(OC(F)(F)F)nc1C(F)(F)F. The second kappa shape index (κ2) is 5.96. The summed E-state index contributed by atoms with van der Waals surface area (Å²) in [5.41, 5.74) is -3.48. The molecule has 0 bridgehead atoms. The molecule has 0 spiro atoms. The van der Waals surface area contributed by atoms with E-state index < -0.39 is 47.1 Å². The molecule has 0 saturated carbocycles. The molecule has 1 heterocycles. The van der Waals surface area contributed by atoms with Crippen LogP contribution in [-0.4, -0.2) is 24.4 Å². The van der Waals surface area contributed by atoms with Gasteiger partial charge in [-0.25, -0.2) is 9.78 Å². The fraction of sp³-hybridized carbons (Fsp3) is 0.400. The molecule has 0 radical (unpaired) electrons. The minimum absolute atomic E-state index is 0.488. The van der Waals surface area contributed by atoms with Gasteiger partial charge in [-0.05, 0) is 5.56 Å². The van der Waals surface area contributed by atoms with Gasteiger partial charge in [0, 0.05) is 11.9 Å². The number of hydrogen-bond acceptors (Lipinski definition) is 4. The van der Waals surface area contributed by atoms with E-state index in [0.717, 1.165) is 7.11 Å². The third-order valence-electron chi connectivity index (χ3n) is 2.10. The Labute approximate surface area is 118 Å². The molecule has 0 fully saturated rings. The van der Waals surface area contributed by atoms with Gasteiger partial charge < -0.3 is 9.47 Å². The third-order valence-corrected chi connectivity index (χ3v) is 2.39. The molecule has 0 aliphatic carbocycles. The third kappa shape index (κ3) is 4.38. The van der Waals surface area contributed by atoms with Gasteiger partial charge in [-0.1, -0.05) is 0 Å². The van der Waals surface area contributed by atoms with Crippen molar-refractivity contribution in [2.24, 2.45) is 0 Å². The summed E-state index contributed by atoms with van der Waals surface area (Å²) in [7, 11) is 0.806. The fourth-order valence-electron chi connectivity index (χ4n) is 1.38. The van der Waals surface area contributed by atoms with E-state index in [1.807, 2.05) is 0 Å². The minimum Gasteiger partial charge on any atom is -0.465 e. The number of methoxy groups -OCH3 is 1. The topological polar surface area (TPSA) is 48.4 Å². The van der Waals surface area contributed by atoms with Gasteiger partial charge in [-0.3, -0.25) is 0 Å². The van der Waals surface area contributed by atoms with Crippen molar-refractivity contribution in [3.05, 3.63) is 22.9 Å². The highest BCUT2D eigenvalue weighted by Gasteiger charge is 2.41. The van der Waals surface area contributed by atoms with Gasteiger partial charge in [0.15, 0.2) is 5.69 Å². The Hall–Kier alpha value is -1.71. The van der Waals surface area contributed by atoms with E-state index in [4.69, 9.17) is 11.6 Å². The number of aromatic nitrogens is 1. The lowest BCUT2D eigenvalue weighted by atomic mass is 10.1. The standard InChI is InChI=1S/C10H6ClF6NO3/c1-20-8(19)6-4(3-11)2-5(21-10(15,16)17)18-7(6)9(12,13)14/h2H,3H2,1H3. The summed E-state index contributed by atoms with van der Waals surface area (Å²) in [6.45, 7) is 0. The number of carbonyl (C=O) groups is 1. The highest BCUT2D eigenvalue weighted by atomic mass is 35.5. The molecule has 1 rings (SSSR count). The Balaban J connectivity index is 3.54. The second-order valence-electron chi connectivity index (χ2n) is 3.51. The molecular weight excluding hydrogens is 332 g/mol. The first-order valence-corrected chi connectivity index (χ1v) is 5.54. The molecule has 0 amide bonds. The predicted octanol–water partition coefficient (Wildman–Crippen LogP) is 3.52.